The molecule has 4 aliphatic rings. The number of thioether (sulfide) groups is 1. The minimum absolute atomic E-state index is 0.0468. The molecule has 2 heterocycles. The maximum atomic E-state index is 12.2. The van der Waals surface area contributed by atoms with E-state index in [9.17, 15) is 9.90 Å². The van der Waals surface area contributed by atoms with Crippen LogP contribution in [0.25, 0.3) is 0 Å². The van der Waals surface area contributed by atoms with E-state index >= 15 is 0 Å². The van der Waals surface area contributed by atoms with E-state index in [1.54, 1.807) is 17.8 Å². The van der Waals surface area contributed by atoms with Crippen molar-refractivity contribution < 1.29 is 19.1 Å². The van der Waals surface area contributed by atoms with Gasteiger partial charge in [0.15, 0.2) is 13.5 Å². The Labute approximate surface area is 320 Å². The van der Waals surface area contributed by atoms with Crippen LogP contribution in [-0.4, -0.2) is 60.9 Å². The van der Waals surface area contributed by atoms with Crippen molar-refractivity contribution in [1.82, 2.24) is 9.97 Å². The smallest absolute Gasteiger partial charge is 0.335 e. The van der Waals surface area contributed by atoms with Crippen molar-refractivity contribution in [2.45, 2.75) is 101 Å². The van der Waals surface area contributed by atoms with Crippen LogP contribution < -0.4 is 9.64 Å². The van der Waals surface area contributed by atoms with Crippen LogP contribution in [0.2, 0.25) is 23.2 Å². The zero-order valence-corrected chi connectivity index (χ0v) is 33.9. The average Bonchev–Trinajstić information content (AvgIpc) is 3.22. The maximum Gasteiger partial charge on any atom is 0.335 e. The van der Waals surface area contributed by atoms with Crippen molar-refractivity contribution in [1.29, 1.82) is 0 Å². The normalized spacial score (nSPS) is 26.5. The molecule has 10 heteroatoms. The lowest BCUT2D eigenvalue weighted by Crippen LogP contribution is -2.52. The first-order valence-electron chi connectivity index (χ1n) is 19.1. The van der Waals surface area contributed by atoms with Gasteiger partial charge < -0.3 is 19.2 Å². The SMILES string of the molecule is CC(C)(C)[Si](C)(C)OC(/C=C\[C@@H]1CC[C@H]1CSc1ncccn1)[C@@H]1CC[C@H]1CN1CC2(CCCc3cc(Cl)ccc32)COc2ccc(C(=O)O)cc21. The minimum Gasteiger partial charge on any atom is -0.490 e. The first kappa shape index (κ1) is 37.5. The van der Waals surface area contributed by atoms with Gasteiger partial charge in [0.1, 0.15) is 5.75 Å². The Morgan fingerprint density at radius 3 is 2.62 bits per heavy atom. The highest BCUT2D eigenvalue weighted by Gasteiger charge is 2.47. The topological polar surface area (TPSA) is 84.8 Å². The number of ether oxygens (including phenoxy) is 1. The average molecular weight is 761 g/mol. The van der Waals surface area contributed by atoms with E-state index < -0.39 is 14.3 Å². The summed E-state index contributed by atoms with van der Waals surface area (Å²) in [5.74, 6) is 2.85. The van der Waals surface area contributed by atoms with Gasteiger partial charge in [-0.05, 0) is 134 Å². The first-order valence-corrected chi connectivity index (χ1v) is 23.4. The fourth-order valence-electron chi connectivity index (χ4n) is 8.42. The molecule has 6 atom stereocenters. The van der Waals surface area contributed by atoms with Gasteiger partial charge in [0.05, 0.1) is 24.0 Å². The predicted molar refractivity (Wildman–Crippen MR) is 214 cm³/mol. The van der Waals surface area contributed by atoms with Gasteiger partial charge in [0, 0.05) is 41.7 Å². The number of halogens is 1. The van der Waals surface area contributed by atoms with Gasteiger partial charge in [0.2, 0.25) is 0 Å². The van der Waals surface area contributed by atoms with Crippen LogP contribution in [0.4, 0.5) is 5.69 Å². The molecule has 1 aromatic heterocycles. The second-order valence-corrected chi connectivity index (χ2v) is 23.3. The Morgan fingerprint density at radius 2 is 1.92 bits per heavy atom. The molecule has 3 aliphatic carbocycles. The third-order valence-corrected chi connectivity index (χ3v) is 18.6. The lowest BCUT2D eigenvalue weighted by atomic mass is 9.68. The third-order valence-electron chi connectivity index (χ3n) is 12.9. The Morgan fingerprint density at radius 1 is 1.13 bits per heavy atom. The quantitative estimate of drug-likeness (QED) is 0.0896. The van der Waals surface area contributed by atoms with Crippen LogP contribution in [0.3, 0.4) is 0 Å². The molecule has 0 amide bonds. The molecule has 2 unspecified atom stereocenters. The molecule has 2 fully saturated rings. The second kappa shape index (κ2) is 15.1. The number of anilines is 1. The van der Waals surface area contributed by atoms with Crippen LogP contribution in [-0.2, 0) is 16.3 Å². The van der Waals surface area contributed by atoms with E-state index in [1.807, 2.05) is 36.7 Å². The van der Waals surface area contributed by atoms with E-state index in [2.05, 4.69) is 73.0 Å². The lowest BCUT2D eigenvalue weighted by Gasteiger charge is -2.48. The van der Waals surface area contributed by atoms with Gasteiger partial charge in [-0.3, -0.25) is 0 Å². The molecule has 0 saturated heterocycles. The van der Waals surface area contributed by atoms with Crippen LogP contribution in [0, 0.1) is 23.7 Å². The molecule has 278 valence electrons. The molecule has 2 aromatic carbocycles. The number of aromatic carboxylic acids is 1. The highest BCUT2D eigenvalue weighted by Crippen LogP contribution is 2.49. The van der Waals surface area contributed by atoms with Crippen LogP contribution in [0.15, 0.2) is 72.2 Å². The largest absolute Gasteiger partial charge is 0.490 e. The van der Waals surface area contributed by atoms with E-state index in [-0.39, 0.29) is 16.6 Å². The number of hydrogen-bond acceptors (Lipinski definition) is 7. The van der Waals surface area contributed by atoms with Crippen molar-refractivity contribution >= 4 is 43.3 Å². The van der Waals surface area contributed by atoms with E-state index in [0.29, 0.717) is 35.8 Å². The Kier molecular flexibility index (Phi) is 10.9. The molecule has 1 N–H and O–H groups in total. The number of carboxylic acids is 1. The van der Waals surface area contributed by atoms with Gasteiger partial charge in [-0.2, -0.15) is 0 Å². The van der Waals surface area contributed by atoms with Gasteiger partial charge >= 0.3 is 5.97 Å². The standard InChI is InChI=1S/C42H54ClN3O4SSi/c1-41(2,3)52(4,5)50-37(17-12-28-9-10-32(28)25-51-40-44-20-7-21-45-40)34-15-11-31(34)24-46-26-42(19-6-8-29-22-33(43)14-16-35(29)42)27-49-38-18-13-30(39(47)48)23-36(38)46/h7,12-14,16-18,20-23,28,31-32,34,37H,6,8-11,15,19,24-27H2,1-5H3,(H,47,48)/b17-12-/t28-,31-,32-,34+,37?,42?/m0/s1. The summed E-state index contributed by atoms with van der Waals surface area (Å²) in [6.45, 7) is 13.9. The number of aryl methyl sites for hydroxylation is 1. The molecular formula is C42H54ClN3O4SSi. The van der Waals surface area contributed by atoms with Gasteiger partial charge in [-0.1, -0.05) is 62.4 Å². The fraction of sp³-hybridized carbons (Fsp3) is 0.548. The molecule has 7 nitrogen and oxygen atoms in total. The maximum absolute atomic E-state index is 12.2. The number of fused-ring (bicyclic) bond motifs is 3. The summed E-state index contributed by atoms with van der Waals surface area (Å²) in [5.41, 5.74) is 3.59. The minimum atomic E-state index is -2.08. The summed E-state index contributed by atoms with van der Waals surface area (Å²) in [6, 6.07) is 13.6. The zero-order valence-electron chi connectivity index (χ0n) is 31.3. The monoisotopic (exact) mass is 759 g/mol. The Hall–Kier alpha value is -2.85. The summed E-state index contributed by atoms with van der Waals surface area (Å²) in [5, 5.41) is 11.7. The lowest BCUT2D eigenvalue weighted by molar-refractivity contribution is 0.0519. The van der Waals surface area contributed by atoms with Crippen LogP contribution in [0.1, 0.15) is 80.8 Å². The molecule has 1 aliphatic heterocycles. The highest BCUT2D eigenvalue weighted by molar-refractivity contribution is 7.99. The van der Waals surface area contributed by atoms with E-state index in [4.69, 9.17) is 20.8 Å². The number of carbonyl (C=O) groups is 1. The number of hydrogen-bond donors (Lipinski definition) is 1. The third kappa shape index (κ3) is 7.84. The number of allylic oxidation sites excluding steroid dienone is 1. The van der Waals surface area contributed by atoms with Crippen molar-refractivity contribution in [2.24, 2.45) is 23.7 Å². The number of rotatable bonds is 11. The predicted octanol–water partition coefficient (Wildman–Crippen LogP) is 10.1. The van der Waals surface area contributed by atoms with Crippen molar-refractivity contribution in [3.05, 3.63) is 88.7 Å². The molecular weight excluding hydrogens is 706 g/mol. The van der Waals surface area contributed by atoms with Crippen molar-refractivity contribution in [3.8, 4) is 5.75 Å². The van der Waals surface area contributed by atoms with E-state index in [1.165, 1.54) is 24.0 Å². The number of nitrogens with zero attached hydrogens (tertiary/aromatic N) is 3. The first-order chi connectivity index (χ1) is 24.8. The highest BCUT2D eigenvalue weighted by atomic mass is 35.5. The summed E-state index contributed by atoms with van der Waals surface area (Å²) >= 11 is 8.25. The molecule has 52 heavy (non-hydrogen) atoms. The van der Waals surface area contributed by atoms with Gasteiger partial charge in [0.25, 0.3) is 0 Å². The Bertz CT molecular complexity index is 1780. The summed E-state index contributed by atoms with van der Waals surface area (Å²) in [6.07, 6.45) is 16.4. The Balaban J connectivity index is 1.15. The molecule has 7 rings (SSSR count). The zero-order chi connectivity index (χ0) is 36.7. The van der Waals surface area contributed by atoms with Crippen LogP contribution >= 0.6 is 23.4 Å². The summed E-state index contributed by atoms with van der Waals surface area (Å²) in [4.78, 5) is 23.5. The summed E-state index contributed by atoms with van der Waals surface area (Å²) < 4.78 is 14.0. The molecule has 3 aromatic rings. The van der Waals surface area contributed by atoms with Crippen molar-refractivity contribution in [3.63, 3.8) is 0 Å². The molecule has 2 saturated carbocycles. The van der Waals surface area contributed by atoms with Crippen LogP contribution in [0.5, 0.6) is 5.75 Å². The summed E-state index contributed by atoms with van der Waals surface area (Å²) in [7, 11) is -2.08. The number of benzene rings is 2. The number of aromatic nitrogens is 2. The van der Waals surface area contributed by atoms with E-state index in [0.717, 1.165) is 72.6 Å². The van der Waals surface area contributed by atoms with Gasteiger partial charge in [-0.15, -0.1) is 0 Å². The molecule has 1 spiro atoms. The van der Waals surface area contributed by atoms with Crippen molar-refractivity contribution in [2.75, 3.05) is 30.3 Å². The van der Waals surface area contributed by atoms with Gasteiger partial charge in [-0.25, -0.2) is 14.8 Å². The second-order valence-electron chi connectivity index (χ2n) is 17.2. The number of carboxylic acid groups (broad SMARTS) is 1. The molecule has 0 radical (unpaired) electrons. The fourth-order valence-corrected chi connectivity index (χ4v) is 10.9. The molecule has 0 bridgehead atoms.